The Morgan fingerprint density at radius 3 is 2.81 bits per heavy atom. The van der Waals surface area contributed by atoms with Crippen LogP contribution < -0.4 is 14.8 Å². The quantitative estimate of drug-likeness (QED) is 0.725. The number of ether oxygens (including phenoxy) is 2. The molecule has 0 spiro atoms. The first kappa shape index (κ1) is 19.5. The number of carbonyl (C=O) groups excluding carboxylic acids is 1. The predicted molar refractivity (Wildman–Crippen MR) is 105 cm³/mol. The minimum atomic E-state index is -0.286. The second-order valence-electron chi connectivity index (χ2n) is 6.29. The van der Waals surface area contributed by atoms with E-state index in [9.17, 15) is 9.18 Å². The van der Waals surface area contributed by atoms with E-state index in [2.05, 4.69) is 5.32 Å². The fraction of sp³-hybridized carbons (Fsp3) is 0.381. The van der Waals surface area contributed by atoms with Gasteiger partial charge in [-0.25, -0.2) is 4.39 Å². The smallest absolute Gasteiger partial charge is 0.251 e. The summed E-state index contributed by atoms with van der Waals surface area (Å²) in [6.45, 7) is 5.00. The number of hydrogen-bond acceptors (Lipinski definition) is 4. The van der Waals surface area contributed by atoms with Crippen LogP contribution in [-0.2, 0) is 0 Å². The number of hydrogen-bond donors (Lipinski definition) is 1. The number of benzene rings is 2. The average molecular weight is 389 g/mol. The Labute approximate surface area is 163 Å². The number of nitrogens with one attached hydrogen (secondary N) is 1. The third-order valence-corrected chi connectivity index (χ3v) is 5.41. The van der Waals surface area contributed by atoms with Gasteiger partial charge in [-0.05, 0) is 61.7 Å². The summed E-state index contributed by atoms with van der Waals surface area (Å²) in [5.74, 6) is 1.59. The average Bonchev–Trinajstić information content (AvgIpc) is 2.67. The summed E-state index contributed by atoms with van der Waals surface area (Å²) in [6, 6.07) is 9.75. The number of thioether (sulfide) groups is 1. The van der Waals surface area contributed by atoms with Gasteiger partial charge in [0.1, 0.15) is 5.82 Å². The van der Waals surface area contributed by atoms with Crippen LogP contribution in [0.25, 0.3) is 0 Å². The van der Waals surface area contributed by atoms with E-state index in [-0.39, 0.29) is 17.8 Å². The van der Waals surface area contributed by atoms with Crippen molar-refractivity contribution in [1.29, 1.82) is 0 Å². The number of halogens is 1. The summed E-state index contributed by atoms with van der Waals surface area (Å²) >= 11 is 1.69. The van der Waals surface area contributed by atoms with Gasteiger partial charge in [-0.3, -0.25) is 4.79 Å². The maximum Gasteiger partial charge on any atom is 0.251 e. The number of carbonyl (C=O) groups is 1. The van der Waals surface area contributed by atoms with Crippen LogP contribution in [0.2, 0.25) is 0 Å². The molecule has 1 N–H and O–H groups in total. The van der Waals surface area contributed by atoms with Crippen LogP contribution in [0.4, 0.5) is 4.39 Å². The summed E-state index contributed by atoms with van der Waals surface area (Å²) in [5, 5.41) is 3.04. The van der Waals surface area contributed by atoms with Gasteiger partial charge >= 0.3 is 0 Å². The molecule has 27 heavy (non-hydrogen) atoms. The molecule has 1 amide bonds. The maximum atomic E-state index is 13.7. The zero-order valence-electron chi connectivity index (χ0n) is 15.6. The van der Waals surface area contributed by atoms with Gasteiger partial charge in [0.2, 0.25) is 0 Å². The van der Waals surface area contributed by atoms with Crippen LogP contribution >= 0.6 is 11.8 Å². The molecule has 4 nitrogen and oxygen atoms in total. The Kier molecular flexibility index (Phi) is 6.61. The van der Waals surface area contributed by atoms with Crippen LogP contribution in [0.5, 0.6) is 11.5 Å². The van der Waals surface area contributed by atoms with Crippen molar-refractivity contribution in [3.8, 4) is 11.5 Å². The van der Waals surface area contributed by atoms with E-state index in [4.69, 9.17) is 9.47 Å². The molecular weight excluding hydrogens is 365 g/mol. The lowest BCUT2D eigenvalue weighted by atomic mass is 10.0. The molecule has 1 aliphatic heterocycles. The second kappa shape index (κ2) is 9.13. The molecule has 0 radical (unpaired) electrons. The van der Waals surface area contributed by atoms with E-state index in [0.29, 0.717) is 30.3 Å². The van der Waals surface area contributed by atoms with Gasteiger partial charge in [-0.15, -0.1) is 11.8 Å². The summed E-state index contributed by atoms with van der Waals surface area (Å²) in [7, 11) is 0. The number of fused-ring (bicyclic) bond motifs is 1. The van der Waals surface area contributed by atoms with Crippen molar-refractivity contribution >= 4 is 17.7 Å². The summed E-state index contributed by atoms with van der Waals surface area (Å²) in [5.41, 5.74) is 1.34. The molecule has 0 fully saturated rings. The minimum Gasteiger partial charge on any atom is -0.490 e. The first-order chi connectivity index (χ1) is 13.1. The lowest BCUT2D eigenvalue weighted by Gasteiger charge is -2.26. The number of amides is 1. The highest BCUT2D eigenvalue weighted by molar-refractivity contribution is 7.99. The molecule has 0 bridgehead atoms. The van der Waals surface area contributed by atoms with Gasteiger partial charge in [-0.1, -0.05) is 6.92 Å². The van der Waals surface area contributed by atoms with Gasteiger partial charge in [0.15, 0.2) is 11.5 Å². The first-order valence-electron chi connectivity index (χ1n) is 9.25. The fourth-order valence-corrected chi connectivity index (χ4v) is 4.11. The Morgan fingerprint density at radius 2 is 2.04 bits per heavy atom. The standard InChI is InChI=1S/C21H24FNO3S/c1-3-10-26-18-7-5-14(12-19(18)25-4-2)21(24)23-17-9-11-27-20-8-6-15(22)13-16(17)20/h5-8,12-13,17H,3-4,9-11H2,1-2H3,(H,23,24). The summed E-state index contributed by atoms with van der Waals surface area (Å²) in [6.07, 6.45) is 1.66. The Hall–Kier alpha value is -2.21. The van der Waals surface area contributed by atoms with Crippen LogP contribution in [0.15, 0.2) is 41.3 Å². The van der Waals surface area contributed by atoms with E-state index in [1.165, 1.54) is 12.1 Å². The molecular formula is C21H24FNO3S. The normalized spacial score (nSPS) is 15.7. The molecule has 0 aliphatic carbocycles. The summed E-state index contributed by atoms with van der Waals surface area (Å²) in [4.78, 5) is 13.8. The van der Waals surface area contributed by atoms with Crippen molar-refractivity contribution in [3.63, 3.8) is 0 Å². The molecule has 0 saturated heterocycles. The molecule has 1 atom stereocenters. The van der Waals surface area contributed by atoms with E-state index in [1.807, 2.05) is 13.8 Å². The van der Waals surface area contributed by atoms with Crippen molar-refractivity contribution in [3.05, 3.63) is 53.3 Å². The second-order valence-corrected chi connectivity index (χ2v) is 7.43. The molecule has 2 aromatic carbocycles. The Bertz CT molecular complexity index is 812. The fourth-order valence-electron chi connectivity index (χ4n) is 3.01. The SMILES string of the molecule is CCCOc1ccc(C(=O)NC2CCSc3ccc(F)cc32)cc1OCC. The highest BCUT2D eigenvalue weighted by atomic mass is 32.2. The molecule has 3 rings (SSSR count). The highest BCUT2D eigenvalue weighted by Crippen LogP contribution is 2.37. The van der Waals surface area contributed by atoms with E-state index in [1.54, 1.807) is 36.0 Å². The molecule has 1 heterocycles. The largest absolute Gasteiger partial charge is 0.490 e. The van der Waals surface area contributed by atoms with Gasteiger partial charge in [0.05, 0.1) is 19.3 Å². The first-order valence-corrected chi connectivity index (χ1v) is 10.2. The van der Waals surface area contributed by atoms with Crippen molar-refractivity contribution in [1.82, 2.24) is 5.32 Å². The van der Waals surface area contributed by atoms with Gasteiger partial charge in [0, 0.05) is 16.2 Å². The van der Waals surface area contributed by atoms with E-state index < -0.39 is 0 Å². The zero-order chi connectivity index (χ0) is 19.2. The monoisotopic (exact) mass is 389 g/mol. The van der Waals surface area contributed by atoms with Crippen molar-refractivity contribution < 1.29 is 18.7 Å². The zero-order valence-corrected chi connectivity index (χ0v) is 16.4. The predicted octanol–water partition coefficient (Wildman–Crippen LogP) is 4.98. The van der Waals surface area contributed by atoms with Crippen LogP contribution in [0, 0.1) is 5.82 Å². The highest BCUT2D eigenvalue weighted by Gasteiger charge is 2.24. The maximum absolute atomic E-state index is 13.7. The van der Waals surface area contributed by atoms with Gasteiger partial charge in [-0.2, -0.15) is 0 Å². The Morgan fingerprint density at radius 1 is 1.19 bits per heavy atom. The third kappa shape index (κ3) is 4.75. The van der Waals surface area contributed by atoms with E-state index in [0.717, 1.165) is 29.1 Å². The van der Waals surface area contributed by atoms with Crippen molar-refractivity contribution in [2.45, 2.75) is 37.6 Å². The molecule has 0 saturated carbocycles. The van der Waals surface area contributed by atoms with E-state index >= 15 is 0 Å². The van der Waals surface area contributed by atoms with Crippen molar-refractivity contribution in [2.24, 2.45) is 0 Å². The van der Waals surface area contributed by atoms with Crippen LogP contribution in [0.3, 0.4) is 0 Å². The van der Waals surface area contributed by atoms with Crippen LogP contribution in [-0.4, -0.2) is 24.9 Å². The number of rotatable bonds is 7. The molecule has 1 unspecified atom stereocenters. The van der Waals surface area contributed by atoms with Crippen molar-refractivity contribution in [2.75, 3.05) is 19.0 Å². The minimum absolute atomic E-state index is 0.198. The van der Waals surface area contributed by atoms with Gasteiger partial charge < -0.3 is 14.8 Å². The lowest BCUT2D eigenvalue weighted by Crippen LogP contribution is -2.30. The summed E-state index contributed by atoms with van der Waals surface area (Å²) < 4.78 is 25.0. The third-order valence-electron chi connectivity index (χ3n) is 4.28. The van der Waals surface area contributed by atoms with Gasteiger partial charge in [0.25, 0.3) is 5.91 Å². The molecule has 144 valence electrons. The topological polar surface area (TPSA) is 47.6 Å². The molecule has 1 aliphatic rings. The molecule has 2 aromatic rings. The molecule has 0 aromatic heterocycles. The molecule has 6 heteroatoms. The lowest BCUT2D eigenvalue weighted by molar-refractivity contribution is 0.0934. The van der Waals surface area contributed by atoms with Crippen LogP contribution in [0.1, 0.15) is 48.7 Å². The Balaban J connectivity index is 1.79.